The van der Waals surface area contributed by atoms with Gasteiger partial charge in [-0.1, -0.05) is 30.2 Å². The zero-order valence-corrected chi connectivity index (χ0v) is 25.1. The molecule has 43 heavy (non-hydrogen) atoms. The largest absolute Gasteiger partial charge is 0.494 e. The van der Waals surface area contributed by atoms with Crippen molar-refractivity contribution in [1.29, 1.82) is 0 Å². The molecule has 1 spiro atoms. The van der Waals surface area contributed by atoms with Crippen LogP contribution in [-0.4, -0.2) is 78.5 Å². The van der Waals surface area contributed by atoms with Gasteiger partial charge in [0.05, 0.1) is 28.7 Å². The van der Waals surface area contributed by atoms with Gasteiger partial charge in [-0.3, -0.25) is 14.4 Å². The van der Waals surface area contributed by atoms with E-state index in [-0.39, 0.29) is 36.2 Å². The quantitative estimate of drug-likeness (QED) is 0.252. The Labute approximate surface area is 254 Å². The Bertz CT molecular complexity index is 1480. The topological polar surface area (TPSA) is 139 Å². The number of rotatable bonds is 13. The summed E-state index contributed by atoms with van der Waals surface area (Å²) in [7, 11) is 0. The Morgan fingerprint density at radius 1 is 1.09 bits per heavy atom. The van der Waals surface area contributed by atoms with E-state index in [1.165, 1.54) is 0 Å². The standard InChI is InChI=1S/C31H38N6O5S/c1-2-42-21-13-11-20(12-14-21)33-28(39)25-24-15-16-31(43-24)26(25)30(41)36(17-7-3-4-8-18-38)27(31)29(40)32-19-37-23-10-6-5-9-22(23)34-35-37/h5-6,9-14,24-27,38H,2-4,7-8,15-19H2,1H3,(H,32,40)(H,33,39)/t24-,25+,26-,27?,31?/m0/s1. The predicted molar refractivity (Wildman–Crippen MR) is 163 cm³/mol. The minimum atomic E-state index is -0.684. The number of thioether (sulfide) groups is 1. The first-order valence-corrected chi connectivity index (χ1v) is 16.0. The van der Waals surface area contributed by atoms with Crippen molar-refractivity contribution >= 4 is 46.2 Å². The number of aliphatic hydroxyl groups is 1. The van der Waals surface area contributed by atoms with Crippen LogP contribution in [0.1, 0.15) is 45.4 Å². The van der Waals surface area contributed by atoms with Crippen molar-refractivity contribution < 1.29 is 24.2 Å². The molecular weight excluding hydrogens is 568 g/mol. The second-order valence-corrected chi connectivity index (χ2v) is 13.1. The van der Waals surface area contributed by atoms with Gasteiger partial charge in [0.25, 0.3) is 0 Å². The van der Waals surface area contributed by atoms with Crippen LogP contribution in [0.25, 0.3) is 11.0 Å². The van der Waals surface area contributed by atoms with E-state index in [1.54, 1.807) is 33.5 Å². The molecule has 11 nitrogen and oxygen atoms in total. The van der Waals surface area contributed by atoms with Gasteiger partial charge >= 0.3 is 0 Å². The van der Waals surface area contributed by atoms with Gasteiger partial charge in [0.1, 0.15) is 24.0 Å². The van der Waals surface area contributed by atoms with Crippen molar-refractivity contribution in [2.45, 2.75) is 68.2 Å². The van der Waals surface area contributed by atoms with E-state index in [4.69, 9.17) is 9.84 Å². The second-order valence-electron chi connectivity index (χ2n) is 11.4. The van der Waals surface area contributed by atoms with Gasteiger partial charge in [-0.15, -0.1) is 16.9 Å². The first kappa shape index (κ1) is 29.4. The maximum Gasteiger partial charge on any atom is 0.245 e. The zero-order valence-electron chi connectivity index (χ0n) is 24.3. The molecule has 3 aliphatic heterocycles. The van der Waals surface area contributed by atoms with E-state index >= 15 is 0 Å². The summed E-state index contributed by atoms with van der Waals surface area (Å²) in [6.07, 6.45) is 4.62. The van der Waals surface area contributed by atoms with Crippen LogP contribution >= 0.6 is 11.8 Å². The average molecular weight is 607 g/mol. The molecule has 0 radical (unpaired) electrons. The Morgan fingerprint density at radius 2 is 1.88 bits per heavy atom. The molecule has 3 amide bonds. The molecule has 5 atom stereocenters. The highest BCUT2D eigenvalue weighted by Gasteiger charge is 2.73. The molecular formula is C31H38N6O5S. The summed E-state index contributed by atoms with van der Waals surface area (Å²) in [6, 6.07) is 14.1. The van der Waals surface area contributed by atoms with Crippen molar-refractivity contribution in [3.8, 4) is 5.75 Å². The minimum absolute atomic E-state index is 0.0297. The molecule has 3 N–H and O–H groups in total. The molecule has 2 aromatic carbocycles. The molecule has 1 aromatic heterocycles. The maximum absolute atomic E-state index is 14.2. The number of aliphatic hydroxyl groups excluding tert-OH is 1. The molecule has 228 valence electrons. The van der Waals surface area contributed by atoms with Crippen LogP contribution in [-0.2, 0) is 21.1 Å². The average Bonchev–Trinajstić information content (AvgIpc) is 3.76. The number of para-hydroxylation sites is 1. The van der Waals surface area contributed by atoms with Crippen LogP contribution in [0.15, 0.2) is 48.5 Å². The first-order valence-electron chi connectivity index (χ1n) is 15.2. The fourth-order valence-corrected chi connectivity index (χ4v) is 9.27. The molecule has 0 saturated carbocycles. The molecule has 2 bridgehead atoms. The highest BCUT2D eigenvalue weighted by molar-refractivity contribution is 8.02. The number of nitrogens with zero attached hydrogens (tertiary/aromatic N) is 4. The Morgan fingerprint density at radius 3 is 2.67 bits per heavy atom. The lowest BCUT2D eigenvalue weighted by Crippen LogP contribution is -2.53. The fraction of sp³-hybridized carbons (Fsp3) is 0.516. The molecule has 6 rings (SSSR count). The molecule has 4 heterocycles. The van der Waals surface area contributed by atoms with E-state index in [9.17, 15) is 14.4 Å². The van der Waals surface area contributed by atoms with Gasteiger partial charge in [-0.05, 0) is 69.0 Å². The highest BCUT2D eigenvalue weighted by Crippen LogP contribution is 2.66. The van der Waals surface area contributed by atoms with Crippen molar-refractivity contribution in [2.75, 3.05) is 25.1 Å². The van der Waals surface area contributed by atoms with E-state index in [0.29, 0.717) is 31.7 Å². The van der Waals surface area contributed by atoms with Gasteiger partial charge < -0.3 is 25.4 Å². The number of likely N-dealkylation sites (tertiary alicyclic amines) is 1. The first-order chi connectivity index (χ1) is 21.0. The number of carbonyl (C=O) groups excluding carboxylic acids is 3. The van der Waals surface area contributed by atoms with E-state index in [1.807, 2.05) is 43.3 Å². The molecule has 2 unspecified atom stereocenters. The van der Waals surface area contributed by atoms with Crippen LogP contribution in [0.2, 0.25) is 0 Å². The zero-order chi connectivity index (χ0) is 30.0. The van der Waals surface area contributed by atoms with Crippen LogP contribution in [0.4, 0.5) is 5.69 Å². The third-order valence-corrected chi connectivity index (χ3v) is 10.9. The third-order valence-electron chi connectivity index (χ3n) is 8.91. The number of ether oxygens (including phenoxy) is 1. The lowest BCUT2D eigenvalue weighted by molar-refractivity contribution is -0.139. The summed E-state index contributed by atoms with van der Waals surface area (Å²) < 4.78 is 6.49. The van der Waals surface area contributed by atoms with Gasteiger partial charge in [0.15, 0.2) is 0 Å². The van der Waals surface area contributed by atoms with Crippen LogP contribution < -0.4 is 15.4 Å². The Balaban J connectivity index is 1.22. The number of hydrogen-bond donors (Lipinski definition) is 3. The molecule has 3 saturated heterocycles. The van der Waals surface area contributed by atoms with Crippen LogP contribution in [0.5, 0.6) is 5.75 Å². The number of amides is 3. The normalized spacial score (nSPS) is 25.7. The van der Waals surface area contributed by atoms with Crippen LogP contribution in [0.3, 0.4) is 0 Å². The second kappa shape index (κ2) is 12.5. The van der Waals surface area contributed by atoms with Gasteiger partial charge in [0.2, 0.25) is 17.7 Å². The van der Waals surface area contributed by atoms with E-state index < -0.39 is 22.6 Å². The van der Waals surface area contributed by atoms with Crippen molar-refractivity contribution in [1.82, 2.24) is 25.2 Å². The number of nitrogens with one attached hydrogen (secondary N) is 2. The van der Waals surface area contributed by atoms with Gasteiger partial charge in [-0.25, -0.2) is 4.68 Å². The van der Waals surface area contributed by atoms with Crippen molar-refractivity contribution in [2.24, 2.45) is 11.8 Å². The molecule has 12 heteroatoms. The van der Waals surface area contributed by atoms with E-state index in [0.717, 1.165) is 42.5 Å². The third kappa shape index (κ3) is 5.46. The summed E-state index contributed by atoms with van der Waals surface area (Å²) in [5.74, 6) is -0.893. The van der Waals surface area contributed by atoms with Crippen molar-refractivity contribution in [3.63, 3.8) is 0 Å². The number of unbranched alkanes of at least 4 members (excludes halogenated alkanes) is 3. The summed E-state index contributed by atoms with van der Waals surface area (Å²) in [6.45, 7) is 3.18. The van der Waals surface area contributed by atoms with Gasteiger partial charge in [-0.2, -0.15) is 0 Å². The lowest BCUT2D eigenvalue weighted by atomic mass is 9.70. The van der Waals surface area contributed by atoms with Gasteiger partial charge in [0, 0.05) is 24.1 Å². The number of aromatic nitrogens is 3. The predicted octanol–water partition coefficient (Wildman–Crippen LogP) is 3.19. The minimum Gasteiger partial charge on any atom is -0.494 e. The summed E-state index contributed by atoms with van der Waals surface area (Å²) >= 11 is 1.65. The summed E-state index contributed by atoms with van der Waals surface area (Å²) in [4.78, 5) is 43.7. The number of carbonyl (C=O) groups is 3. The molecule has 3 aromatic rings. The number of fused-ring (bicyclic) bond motifs is 2. The molecule has 0 aliphatic carbocycles. The molecule has 3 aliphatic rings. The number of benzene rings is 2. The maximum atomic E-state index is 14.2. The van der Waals surface area contributed by atoms with Crippen LogP contribution in [0, 0.1) is 11.8 Å². The summed E-state index contributed by atoms with van der Waals surface area (Å²) in [5.41, 5.74) is 2.20. The number of anilines is 1. The monoisotopic (exact) mass is 606 g/mol. The SMILES string of the molecule is CCOc1ccc(NC(=O)[C@@H]2[C@@H]3CCC4(S3)C(C(=O)NCn3nnc5ccccc53)N(CCCCCCO)C(=O)[C@H]24)cc1. The lowest BCUT2D eigenvalue weighted by Gasteiger charge is -2.34. The van der Waals surface area contributed by atoms with E-state index in [2.05, 4.69) is 20.9 Å². The van der Waals surface area contributed by atoms with Crippen molar-refractivity contribution in [3.05, 3.63) is 48.5 Å². The smallest absolute Gasteiger partial charge is 0.245 e. The fourth-order valence-electron chi connectivity index (χ4n) is 7.05. The molecule has 3 fully saturated rings. The Hall–Kier alpha value is -3.64. The summed E-state index contributed by atoms with van der Waals surface area (Å²) in [5, 5.41) is 23.6. The Kier molecular flexibility index (Phi) is 8.58. The highest BCUT2D eigenvalue weighted by atomic mass is 32.2. The number of hydrogen-bond acceptors (Lipinski definition) is 8.